The van der Waals surface area contributed by atoms with Crippen molar-refractivity contribution in [2.45, 2.75) is 75.8 Å². The van der Waals surface area contributed by atoms with E-state index in [9.17, 15) is 23.2 Å². The molecule has 3 saturated heterocycles. The molecule has 14 heteroatoms. The number of amides is 3. The van der Waals surface area contributed by atoms with Gasteiger partial charge in [0.25, 0.3) is 5.91 Å². The Labute approximate surface area is 320 Å². The van der Waals surface area contributed by atoms with Gasteiger partial charge in [0.2, 0.25) is 11.8 Å². The molecule has 7 rings (SSSR count). The van der Waals surface area contributed by atoms with E-state index in [1.165, 1.54) is 23.9 Å². The van der Waals surface area contributed by atoms with Crippen LogP contribution in [0.3, 0.4) is 0 Å². The van der Waals surface area contributed by atoms with E-state index in [1.807, 2.05) is 17.0 Å². The van der Waals surface area contributed by atoms with Crippen LogP contribution in [0.4, 0.5) is 20.3 Å². The Morgan fingerprint density at radius 3 is 2.58 bits per heavy atom. The Bertz CT molecular complexity index is 1960. The molecule has 2 unspecified atom stereocenters. The number of likely N-dealkylation sites (tertiary alicyclic amines) is 1. The topological polar surface area (TPSA) is 127 Å². The molecule has 0 bridgehead atoms. The molecule has 3 fully saturated rings. The van der Waals surface area contributed by atoms with Crippen LogP contribution in [-0.2, 0) is 9.59 Å². The summed E-state index contributed by atoms with van der Waals surface area (Å²) in [7, 11) is 2.17. The standard InChI is InChI=1S/C41H51F2N9O3/c1-49(24-25-50-21-15-29(16-22-50)28-7-10-31(11-8-28)46-35-13-14-38(53)48-41(35)55)19-4-2-3-18-44-40(54)33-27-45-52-23-17-37(47-39(33)52)51-20-5-6-36(51)32-26-30(42)9-12-34(32)43/h7-12,17,23,26-27,29,35-36,46H,2-6,13-16,18-22,24-25H2,1H3,(H,44,54)(H,48,53,55). The minimum atomic E-state index is -0.471. The van der Waals surface area contributed by atoms with Crippen molar-refractivity contribution >= 4 is 34.9 Å². The summed E-state index contributed by atoms with van der Waals surface area (Å²) in [5.41, 5.74) is 3.37. The number of benzene rings is 2. The molecule has 2 aromatic heterocycles. The van der Waals surface area contributed by atoms with E-state index in [0.29, 0.717) is 60.9 Å². The van der Waals surface area contributed by atoms with E-state index < -0.39 is 11.6 Å². The second-order valence-corrected chi connectivity index (χ2v) is 15.1. The van der Waals surface area contributed by atoms with Gasteiger partial charge in [0, 0.05) is 50.0 Å². The molecular weight excluding hydrogens is 705 g/mol. The van der Waals surface area contributed by atoms with E-state index in [2.05, 4.69) is 50.0 Å². The number of halogens is 2. The van der Waals surface area contributed by atoms with Gasteiger partial charge in [-0.15, -0.1) is 0 Å². The van der Waals surface area contributed by atoms with Gasteiger partial charge in [-0.2, -0.15) is 5.10 Å². The lowest BCUT2D eigenvalue weighted by Gasteiger charge is -2.33. The summed E-state index contributed by atoms with van der Waals surface area (Å²) in [6.45, 7) is 6.42. The second-order valence-electron chi connectivity index (χ2n) is 15.1. The SMILES string of the molecule is CN(CCCCCNC(=O)c1cnn2ccc(N3CCCC3c3cc(F)ccc3F)nc12)CCN1CCC(c2ccc(NC3CCC(=O)NC3=O)cc2)CC1. The molecule has 2 aromatic carbocycles. The number of aromatic nitrogens is 3. The second kappa shape index (κ2) is 17.7. The number of nitrogens with zero attached hydrogens (tertiary/aromatic N) is 6. The number of fused-ring (bicyclic) bond motifs is 1. The number of anilines is 2. The monoisotopic (exact) mass is 755 g/mol. The molecule has 3 aliphatic rings. The van der Waals surface area contributed by atoms with Gasteiger partial charge in [0.15, 0.2) is 5.65 Å². The molecule has 0 radical (unpaired) electrons. The van der Waals surface area contributed by atoms with Crippen LogP contribution < -0.4 is 20.9 Å². The fourth-order valence-electron chi connectivity index (χ4n) is 8.09. The average Bonchev–Trinajstić information content (AvgIpc) is 3.86. The fourth-order valence-corrected chi connectivity index (χ4v) is 8.09. The Balaban J connectivity index is 0.784. The minimum Gasteiger partial charge on any atom is -0.374 e. The number of rotatable bonds is 15. The summed E-state index contributed by atoms with van der Waals surface area (Å²) >= 11 is 0. The van der Waals surface area contributed by atoms with Gasteiger partial charge in [-0.3, -0.25) is 19.7 Å². The first-order chi connectivity index (χ1) is 26.7. The van der Waals surface area contributed by atoms with Crippen molar-refractivity contribution in [3.05, 3.63) is 89.2 Å². The third kappa shape index (κ3) is 9.48. The molecule has 2 atom stereocenters. The molecule has 3 amide bonds. The number of likely N-dealkylation sites (N-methyl/N-ethyl adjacent to an activating group) is 1. The number of imide groups is 1. The summed E-state index contributed by atoms with van der Waals surface area (Å²) in [5.74, 6) is -0.464. The molecule has 55 heavy (non-hydrogen) atoms. The summed E-state index contributed by atoms with van der Waals surface area (Å²) in [5, 5.41) is 13.0. The van der Waals surface area contributed by atoms with Gasteiger partial charge in [0.05, 0.1) is 12.2 Å². The first-order valence-corrected chi connectivity index (χ1v) is 19.7. The number of hydrogen-bond acceptors (Lipinski definition) is 9. The summed E-state index contributed by atoms with van der Waals surface area (Å²) in [6.07, 6.45) is 10.8. The Hall–Kier alpha value is -4.95. The van der Waals surface area contributed by atoms with Crippen LogP contribution in [0.2, 0.25) is 0 Å². The van der Waals surface area contributed by atoms with Crippen LogP contribution in [0, 0.1) is 11.6 Å². The Kier molecular flexibility index (Phi) is 12.3. The third-order valence-electron chi connectivity index (χ3n) is 11.3. The summed E-state index contributed by atoms with van der Waals surface area (Å²) in [6, 6.07) is 13.0. The van der Waals surface area contributed by atoms with E-state index in [4.69, 9.17) is 4.98 Å². The molecule has 5 heterocycles. The molecule has 0 saturated carbocycles. The van der Waals surface area contributed by atoms with Gasteiger partial charge in [0.1, 0.15) is 29.1 Å². The number of carbonyl (C=O) groups excluding carboxylic acids is 3. The van der Waals surface area contributed by atoms with Gasteiger partial charge >= 0.3 is 0 Å². The van der Waals surface area contributed by atoms with Crippen molar-refractivity contribution in [1.82, 2.24) is 35.0 Å². The highest BCUT2D eigenvalue weighted by Crippen LogP contribution is 2.37. The lowest BCUT2D eigenvalue weighted by molar-refractivity contribution is -0.133. The predicted octanol–water partition coefficient (Wildman–Crippen LogP) is 5.28. The zero-order chi connectivity index (χ0) is 38.3. The highest BCUT2D eigenvalue weighted by atomic mass is 19.1. The molecule has 3 N–H and O–H groups in total. The highest BCUT2D eigenvalue weighted by Gasteiger charge is 2.31. The Morgan fingerprint density at radius 1 is 0.964 bits per heavy atom. The quantitative estimate of drug-likeness (QED) is 0.110. The van der Waals surface area contributed by atoms with Crippen molar-refractivity contribution < 1.29 is 23.2 Å². The smallest absolute Gasteiger partial charge is 0.256 e. The van der Waals surface area contributed by atoms with Crippen molar-refractivity contribution in [2.75, 3.05) is 63.1 Å². The fraction of sp³-hybridized carbons (Fsp3) is 0.488. The van der Waals surface area contributed by atoms with Crippen LogP contribution in [0.1, 0.15) is 91.2 Å². The third-order valence-corrected chi connectivity index (χ3v) is 11.3. The maximum Gasteiger partial charge on any atom is 0.256 e. The number of unbranched alkanes of at least 4 members (excludes halogenated alkanes) is 2. The maximum absolute atomic E-state index is 14.6. The number of carbonyl (C=O) groups is 3. The van der Waals surface area contributed by atoms with E-state index >= 15 is 0 Å². The highest BCUT2D eigenvalue weighted by molar-refractivity contribution is 6.01. The average molecular weight is 756 g/mol. The van der Waals surface area contributed by atoms with Gasteiger partial charge < -0.3 is 25.3 Å². The van der Waals surface area contributed by atoms with E-state index in [1.54, 1.807) is 16.8 Å². The van der Waals surface area contributed by atoms with Crippen LogP contribution in [0.5, 0.6) is 0 Å². The zero-order valence-corrected chi connectivity index (χ0v) is 31.5. The van der Waals surface area contributed by atoms with Crippen molar-refractivity contribution in [2.24, 2.45) is 0 Å². The summed E-state index contributed by atoms with van der Waals surface area (Å²) in [4.78, 5) is 48.3. The summed E-state index contributed by atoms with van der Waals surface area (Å²) < 4.78 is 30.2. The number of piperidine rings is 2. The maximum atomic E-state index is 14.6. The first-order valence-electron chi connectivity index (χ1n) is 19.7. The van der Waals surface area contributed by atoms with Crippen LogP contribution in [-0.4, -0.2) is 101 Å². The van der Waals surface area contributed by atoms with Gasteiger partial charge in [-0.1, -0.05) is 18.6 Å². The predicted molar refractivity (Wildman–Crippen MR) is 207 cm³/mol. The number of nitrogens with one attached hydrogen (secondary N) is 3. The van der Waals surface area contributed by atoms with Gasteiger partial charge in [-0.25, -0.2) is 18.3 Å². The van der Waals surface area contributed by atoms with E-state index in [-0.39, 0.29) is 29.8 Å². The van der Waals surface area contributed by atoms with Crippen molar-refractivity contribution in [3.8, 4) is 0 Å². The van der Waals surface area contributed by atoms with Crippen molar-refractivity contribution in [1.29, 1.82) is 0 Å². The largest absolute Gasteiger partial charge is 0.374 e. The lowest BCUT2D eigenvalue weighted by atomic mass is 9.89. The zero-order valence-electron chi connectivity index (χ0n) is 31.5. The number of hydrogen-bond donors (Lipinski definition) is 3. The molecule has 292 valence electrons. The lowest BCUT2D eigenvalue weighted by Crippen LogP contribution is -2.47. The van der Waals surface area contributed by atoms with E-state index in [0.717, 1.165) is 83.0 Å². The van der Waals surface area contributed by atoms with Gasteiger partial charge in [-0.05, 0) is 120 Å². The van der Waals surface area contributed by atoms with Crippen LogP contribution in [0.25, 0.3) is 5.65 Å². The molecule has 3 aliphatic heterocycles. The molecular formula is C41H51F2N9O3. The van der Waals surface area contributed by atoms with Crippen LogP contribution in [0.15, 0.2) is 60.9 Å². The minimum absolute atomic E-state index is 0.206. The van der Waals surface area contributed by atoms with Crippen molar-refractivity contribution in [3.63, 3.8) is 0 Å². The normalized spacial score (nSPS) is 19.7. The molecule has 0 spiro atoms. The Morgan fingerprint density at radius 2 is 1.78 bits per heavy atom. The molecule has 4 aromatic rings. The molecule has 12 nitrogen and oxygen atoms in total. The molecule has 0 aliphatic carbocycles. The first kappa shape index (κ1) is 38.3. The van der Waals surface area contributed by atoms with Crippen LogP contribution >= 0.6 is 0 Å².